The minimum Gasteiger partial charge on any atom is -0.493 e. The molecule has 4 aromatic carbocycles. The molecule has 4 aromatic rings. The molecule has 2 unspecified atom stereocenters. The number of amides is 1. The summed E-state index contributed by atoms with van der Waals surface area (Å²) in [7, 11) is 0. The second-order valence-electron chi connectivity index (χ2n) is 15.0. The number of rotatable bonds is 14. The van der Waals surface area contributed by atoms with Gasteiger partial charge in [-0.05, 0) is 117 Å². The number of nitriles is 1. The first-order chi connectivity index (χ1) is 26.7. The van der Waals surface area contributed by atoms with Gasteiger partial charge >= 0.3 is 0 Å². The molecule has 2 saturated heterocycles. The summed E-state index contributed by atoms with van der Waals surface area (Å²) in [6.45, 7) is 17.1. The van der Waals surface area contributed by atoms with E-state index in [0.29, 0.717) is 71.5 Å². The Morgan fingerprint density at radius 2 is 1.82 bits per heavy atom. The molecular weight excluding hydrogens is 710 g/mol. The van der Waals surface area contributed by atoms with Crippen LogP contribution in [0.2, 0.25) is 5.02 Å². The van der Waals surface area contributed by atoms with Crippen LogP contribution in [0.5, 0.6) is 17.2 Å². The molecule has 3 aliphatic rings. The number of likely N-dealkylation sites (tertiary alicyclic amines) is 1. The quantitative estimate of drug-likeness (QED) is 0.0979. The van der Waals surface area contributed by atoms with Gasteiger partial charge in [0.05, 0.1) is 24.3 Å². The smallest absolute Gasteiger partial charge is 0.220 e. The number of fused-ring (bicyclic) bond motifs is 1. The Hall–Kier alpha value is -5.06. The third kappa shape index (κ3) is 8.76. The molecular formula is C45H48ClN5O4. The first-order valence-electron chi connectivity index (χ1n) is 19.3. The molecule has 0 bridgehead atoms. The maximum absolute atomic E-state index is 11.7. The van der Waals surface area contributed by atoms with Gasteiger partial charge in [-0.15, -0.1) is 0 Å². The number of benzene rings is 4. The third-order valence-corrected chi connectivity index (χ3v) is 11.6. The molecule has 2 fully saturated rings. The van der Waals surface area contributed by atoms with Crippen LogP contribution in [-0.2, 0) is 24.4 Å². The van der Waals surface area contributed by atoms with Crippen molar-refractivity contribution < 1.29 is 19.0 Å². The van der Waals surface area contributed by atoms with Crippen LogP contribution in [-0.4, -0.2) is 48.6 Å². The Balaban J connectivity index is 1.09. The van der Waals surface area contributed by atoms with Crippen molar-refractivity contribution in [3.63, 3.8) is 0 Å². The lowest BCUT2D eigenvalue weighted by Crippen LogP contribution is -2.53. The monoisotopic (exact) mass is 757 g/mol. The van der Waals surface area contributed by atoms with Crippen molar-refractivity contribution >= 4 is 23.2 Å². The number of nitrogens with zero attached hydrogens (tertiary/aromatic N) is 3. The molecule has 2 aliphatic heterocycles. The number of hydrogen-bond donors (Lipinski definition) is 2. The summed E-state index contributed by atoms with van der Waals surface area (Å²) in [5.41, 5.74) is 8.27. The van der Waals surface area contributed by atoms with Crippen LogP contribution in [0.25, 0.3) is 16.0 Å². The minimum absolute atomic E-state index is 0.0658. The normalized spacial score (nSPS) is 20.4. The van der Waals surface area contributed by atoms with Gasteiger partial charge in [0.25, 0.3) is 0 Å². The van der Waals surface area contributed by atoms with Crippen LogP contribution in [0.4, 0.5) is 5.69 Å². The van der Waals surface area contributed by atoms with Crippen molar-refractivity contribution in [2.24, 2.45) is 0 Å². The highest BCUT2D eigenvalue weighted by Gasteiger charge is 2.31. The predicted octanol–water partition coefficient (Wildman–Crippen LogP) is 9.00. The first-order valence-corrected chi connectivity index (χ1v) is 19.7. The Morgan fingerprint density at radius 1 is 1.00 bits per heavy atom. The second-order valence-corrected chi connectivity index (χ2v) is 15.4. The van der Waals surface area contributed by atoms with E-state index in [9.17, 15) is 10.1 Å². The third-order valence-electron chi connectivity index (χ3n) is 11.3. The summed E-state index contributed by atoms with van der Waals surface area (Å²) >= 11 is 6.95. The van der Waals surface area contributed by atoms with Crippen molar-refractivity contribution in [1.29, 1.82) is 5.26 Å². The van der Waals surface area contributed by atoms with Gasteiger partial charge in [0.1, 0.15) is 30.0 Å². The molecule has 0 aromatic heterocycles. The van der Waals surface area contributed by atoms with Gasteiger partial charge in [0.15, 0.2) is 5.69 Å². The molecule has 10 heteroatoms. The predicted molar refractivity (Wildman–Crippen MR) is 215 cm³/mol. The van der Waals surface area contributed by atoms with Crippen LogP contribution in [0.15, 0.2) is 66.7 Å². The maximum Gasteiger partial charge on any atom is 0.220 e. The molecule has 284 valence electrons. The van der Waals surface area contributed by atoms with Crippen LogP contribution in [0.1, 0.15) is 85.4 Å². The standard InChI is InChI=1S/C45H48ClN5O4/c1-28-18-29(2)51(28)16-7-17-53-41-11-6-8-36(30(41)3)37-9-5-10-39-38(37)13-14-42(39)55-44-23-43(54-27-32-19-31(24-47)20-35(21-32)48-4)33(22-40(44)46)25-49-34-12-15-45(52)50-26-34/h5-6,8-11,19-23,28-29,34,42,49H,7,12-18,25-27H2,1-3H3,(H,50,52)/t28?,29?,34-,42-/m0/s1. The van der Waals surface area contributed by atoms with Crippen LogP contribution in [0.3, 0.4) is 0 Å². The number of nitrogens with one attached hydrogen (secondary N) is 2. The average Bonchev–Trinajstić information content (AvgIpc) is 3.61. The van der Waals surface area contributed by atoms with E-state index >= 15 is 0 Å². The van der Waals surface area contributed by atoms with E-state index in [1.807, 2.05) is 12.1 Å². The molecule has 1 aliphatic carbocycles. The minimum atomic E-state index is -0.199. The van der Waals surface area contributed by atoms with Gasteiger partial charge in [0.2, 0.25) is 5.91 Å². The van der Waals surface area contributed by atoms with Gasteiger partial charge in [-0.25, -0.2) is 4.85 Å². The molecule has 0 saturated carbocycles. The van der Waals surface area contributed by atoms with E-state index in [1.54, 1.807) is 18.2 Å². The molecule has 1 amide bonds. The Morgan fingerprint density at radius 3 is 2.58 bits per heavy atom. The summed E-state index contributed by atoms with van der Waals surface area (Å²) in [6.07, 6.45) is 4.98. The van der Waals surface area contributed by atoms with E-state index in [1.165, 1.54) is 23.1 Å². The van der Waals surface area contributed by atoms with E-state index in [0.717, 1.165) is 54.7 Å². The first kappa shape index (κ1) is 38.2. The number of carbonyl (C=O) groups is 1. The van der Waals surface area contributed by atoms with Crippen molar-refractivity contribution in [2.75, 3.05) is 19.7 Å². The summed E-state index contributed by atoms with van der Waals surface area (Å²) in [5.74, 6) is 2.11. The van der Waals surface area contributed by atoms with Gasteiger partial charge in [-0.2, -0.15) is 5.26 Å². The summed E-state index contributed by atoms with van der Waals surface area (Å²) in [4.78, 5) is 17.8. The maximum atomic E-state index is 11.7. The van der Waals surface area contributed by atoms with E-state index < -0.39 is 0 Å². The summed E-state index contributed by atoms with van der Waals surface area (Å²) < 4.78 is 19.5. The van der Waals surface area contributed by atoms with Gasteiger partial charge < -0.3 is 24.8 Å². The Bertz CT molecular complexity index is 2090. The lowest BCUT2D eigenvalue weighted by Gasteiger charge is -2.45. The van der Waals surface area contributed by atoms with E-state index in [4.69, 9.17) is 32.4 Å². The Kier molecular flexibility index (Phi) is 11.9. The highest BCUT2D eigenvalue weighted by molar-refractivity contribution is 6.32. The van der Waals surface area contributed by atoms with Crippen molar-refractivity contribution in [1.82, 2.24) is 15.5 Å². The van der Waals surface area contributed by atoms with Crippen LogP contribution < -0.4 is 24.8 Å². The molecule has 0 spiro atoms. The number of halogens is 1. The average molecular weight is 758 g/mol. The van der Waals surface area contributed by atoms with Gasteiger partial charge in [-0.3, -0.25) is 9.69 Å². The number of ether oxygens (including phenoxy) is 3. The fourth-order valence-corrected chi connectivity index (χ4v) is 8.52. The largest absolute Gasteiger partial charge is 0.493 e. The van der Waals surface area contributed by atoms with Crippen LogP contribution in [0, 0.1) is 24.8 Å². The molecule has 7 rings (SSSR count). The molecule has 4 atom stereocenters. The van der Waals surface area contributed by atoms with Crippen LogP contribution >= 0.6 is 11.6 Å². The topological polar surface area (TPSA) is 100 Å². The SMILES string of the molecule is [C-]#[N+]c1cc(C#N)cc(COc2cc(O[C@H]3CCc4c(-c5cccc(OCCCN6C(C)CC6C)c5C)cccc43)c(Cl)cc2CN[C@H]2CCC(=O)NC2)c1. The zero-order chi connectivity index (χ0) is 38.5. The Labute approximate surface area is 329 Å². The van der Waals surface area contributed by atoms with Crippen molar-refractivity contribution in [3.05, 3.63) is 117 Å². The molecule has 2 heterocycles. The fraction of sp³-hybridized carbons (Fsp3) is 0.400. The fourth-order valence-electron chi connectivity index (χ4n) is 8.29. The van der Waals surface area contributed by atoms with Gasteiger partial charge in [-0.1, -0.05) is 41.9 Å². The number of piperidine rings is 1. The van der Waals surface area contributed by atoms with E-state index in [2.05, 4.69) is 83.6 Å². The summed E-state index contributed by atoms with van der Waals surface area (Å²) in [5, 5.41) is 16.4. The molecule has 0 radical (unpaired) electrons. The lowest BCUT2D eigenvalue weighted by molar-refractivity contribution is -0.122. The second kappa shape index (κ2) is 17.2. The van der Waals surface area contributed by atoms with Crippen molar-refractivity contribution in [2.45, 2.75) is 96.7 Å². The van der Waals surface area contributed by atoms with E-state index in [-0.39, 0.29) is 24.7 Å². The summed E-state index contributed by atoms with van der Waals surface area (Å²) in [6, 6.07) is 25.1. The highest BCUT2D eigenvalue weighted by Crippen LogP contribution is 2.44. The number of carbonyl (C=O) groups excluding carboxylic acids is 1. The molecule has 55 heavy (non-hydrogen) atoms. The van der Waals surface area contributed by atoms with Gasteiger partial charge in [0, 0.05) is 61.4 Å². The van der Waals surface area contributed by atoms with Crippen molar-refractivity contribution in [3.8, 4) is 34.4 Å². The molecule has 2 N–H and O–H groups in total. The number of hydrogen-bond acceptors (Lipinski definition) is 7. The zero-order valence-electron chi connectivity index (χ0n) is 31.8. The molecule has 9 nitrogen and oxygen atoms in total. The zero-order valence-corrected chi connectivity index (χ0v) is 32.5. The lowest BCUT2D eigenvalue weighted by atomic mass is 9.93. The highest BCUT2D eigenvalue weighted by atomic mass is 35.5.